The van der Waals surface area contributed by atoms with Crippen molar-refractivity contribution in [1.82, 2.24) is 9.88 Å². The Balaban J connectivity index is 0.00000272. The van der Waals surface area contributed by atoms with Crippen LogP contribution in [0.4, 0.5) is 6.01 Å². The van der Waals surface area contributed by atoms with Crippen molar-refractivity contribution in [3.8, 4) is 0 Å². The zero-order valence-electron chi connectivity index (χ0n) is 17.9. The van der Waals surface area contributed by atoms with Gasteiger partial charge in [0.2, 0.25) is 0 Å². The van der Waals surface area contributed by atoms with Crippen LogP contribution in [0.25, 0.3) is 11.1 Å². The number of para-hydroxylation sites is 2. The zero-order chi connectivity index (χ0) is 21.1. The van der Waals surface area contributed by atoms with Crippen molar-refractivity contribution >= 4 is 40.3 Å². The van der Waals surface area contributed by atoms with Crippen LogP contribution in [0.15, 0.2) is 46.9 Å². The standard InChI is InChI=1S/C23H28Cl2N4O.ClH/c1-16(2)21(27-23-26-20-5-3-4-6-22(20)30-23)15-29-11-9-28(10-12-29)14-17-7-8-18(24)19(25)13-17;/h3-8,13,16,21H,9-12,14-15H2,1-2H3,(H,26,27);1H/t21-;/m0./s1. The normalized spacial score (nSPS) is 16.4. The first-order valence-electron chi connectivity index (χ1n) is 10.6. The van der Waals surface area contributed by atoms with E-state index in [2.05, 4.69) is 35.1 Å². The minimum Gasteiger partial charge on any atom is -1.00 e. The summed E-state index contributed by atoms with van der Waals surface area (Å²) in [6, 6.07) is 14.7. The highest BCUT2D eigenvalue weighted by Crippen LogP contribution is 2.23. The highest BCUT2D eigenvalue weighted by Gasteiger charge is 2.26. The third-order valence-corrected chi connectivity index (χ3v) is 6.61. The van der Waals surface area contributed by atoms with Gasteiger partial charge in [-0.05, 0) is 35.7 Å². The van der Waals surface area contributed by atoms with Crippen LogP contribution in [0, 0.1) is 5.92 Å². The van der Waals surface area contributed by atoms with Crippen molar-refractivity contribution in [1.29, 1.82) is 0 Å². The fourth-order valence-corrected chi connectivity index (χ4v) is 4.31. The van der Waals surface area contributed by atoms with Crippen LogP contribution >= 0.6 is 23.2 Å². The molecule has 0 spiro atoms. The summed E-state index contributed by atoms with van der Waals surface area (Å²) in [6.45, 7) is 10.9. The number of nitrogens with zero attached hydrogens (tertiary/aromatic N) is 2. The molecule has 4 rings (SSSR count). The molecule has 0 amide bonds. The second kappa shape index (κ2) is 10.9. The lowest BCUT2D eigenvalue weighted by molar-refractivity contribution is -0.905. The molecule has 3 aromatic rings. The maximum atomic E-state index is 6.16. The Kier molecular flexibility index (Phi) is 8.48. The molecule has 1 aliphatic rings. The van der Waals surface area contributed by atoms with Gasteiger partial charge < -0.3 is 27.0 Å². The maximum Gasteiger partial charge on any atom is 0.296 e. The average molecular weight is 484 g/mol. The summed E-state index contributed by atoms with van der Waals surface area (Å²) in [7, 11) is 0. The van der Waals surface area contributed by atoms with Gasteiger partial charge >= 0.3 is 0 Å². The zero-order valence-corrected chi connectivity index (χ0v) is 20.1. The second-order valence-corrected chi connectivity index (χ2v) is 9.27. The maximum absolute atomic E-state index is 6.16. The Bertz CT molecular complexity index is 953. The van der Waals surface area contributed by atoms with Crippen LogP contribution in [0.1, 0.15) is 19.4 Å². The Hall–Kier alpha value is -1.50. The molecule has 0 bridgehead atoms. The van der Waals surface area contributed by atoms with Crippen LogP contribution < -0.4 is 22.6 Å². The number of piperazine rings is 1. The summed E-state index contributed by atoms with van der Waals surface area (Å²) in [5.74, 6) is 0.488. The van der Waals surface area contributed by atoms with Gasteiger partial charge in [0.15, 0.2) is 5.58 Å². The Morgan fingerprint density at radius 2 is 1.84 bits per heavy atom. The van der Waals surface area contributed by atoms with Gasteiger partial charge in [-0.1, -0.05) is 55.2 Å². The third kappa shape index (κ3) is 6.27. The molecule has 1 saturated heterocycles. The van der Waals surface area contributed by atoms with Crippen molar-refractivity contribution in [2.75, 3.05) is 38.0 Å². The molecule has 1 atom stereocenters. The van der Waals surface area contributed by atoms with Crippen molar-refractivity contribution in [3.05, 3.63) is 58.1 Å². The molecule has 1 fully saturated rings. The number of hydrogen-bond acceptors (Lipinski definition) is 4. The van der Waals surface area contributed by atoms with Gasteiger partial charge in [0.1, 0.15) is 5.52 Å². The van der Waals surface area contributed by atoms with Crippen molar-refractivity contribution in [3.63, 3.8) is 0 Å². The predicted molar refractivity (Wildman–Crippen MR) is 124 cm³/mol. The number of hydrogen-bond donors (Lipinski definition) is 2. The van der Waals surface area contributed by atoms with E-state index in [0.29, 0.717) is 28.0 Å². The number of quaternary nitrogens is 1. The van der Waals surface area contributed by atoms with E-state index < -0.39 is 0 Å². The molecule has 31 heavy (non-hydrogen) atoms. The number of aromatic nitrogens is 1. The van der Waals surface area contributed by atoms with E-state index in [0.717, 1.165) is 50.4 Å². The Morgan fingerprint density at radius 3 is 2.52 bits per heavy atom. The van der Waals surface area contributed by atoms with Gasteiger partial charge in [0.25, 0.3) is 6.01 Å². The van der Waals surface area contributed by atoms with E-state index >= 15 is 0 Å². The fraction of sp³-hybridized carbons (Fsp3) is 0.435. The van der Waals surface area contributed by atoms with Crippen LogP contribution in [-0.4, -0.2) is 48.6 Å². The summed E-state index contributed by atoms with van der Waals surface area (Å²) < 4.78 is 5.88. The molecule has 0 saturated carbocycles. The SMILES string of the molecule is CC(C)[C@H](C[NH+]1CCN(Cc2ccc(Cl)c(Cl)c2)CC1)Nc1nc2ccccc2o1.[Cl-]. The fourth-order valence-electron chi connectivity index (χ4n) is 3.98. The van der Waals surface area contributed by atoms with Crippen LogP contribution in [0.2, 0.25) is 10.0 Å². The Labute approximate surface area is 200 Å². The van der Waals surface area contributed by atoms with Gasteiger partial charge in [-0.25, -0.2) is 0 Å². The van der Waals surface area contributed by atoms with Crippen molar-refractivity contribution < 1.29 is 21.7 Å². The molecule has 1 aromatic heterocycles. The quantitative estimate of drug-likeness (QED) is 0.526. The van der Waals surface area contributed by atoms with Crippen molar-refractivity contribution in [2.45, 2.75) is 26.4 Å². The molecular formula is C23H29Cl3N4O. The van der Waals surface area contributed by atoms with Gasteiger partial charge in [-0.3, -0.25) is 4.90 Å². The van der Waals surface area contributed by atoms with E-state index in [9.17, 15) is 0 Å². The first-order chi connectivity index (χ1) is 14.5. The molecular weight excluding hydrogens is 455 g/mol. The Morgan fingerprint density at radius 1 is 1.10 bits per heavy atom. The van der Waals surface area contributed by atoms with E-state index in [1.165, 1.54) is 5.56 Å². The number of fused-ring (bicyclic) bond motifs is 1. The van der Waals surface area contributed by atoms with Crippen LogP contribution in [0.3, 0.4) is 0 Å². The molecule has 2 heterocycles. The summed E-state index contributed by atoms with van der Waals surface area (Å²) in [4.78, 5) is 8.69. The molecule has 0 radical (unpaired) electrons. The number of nitrogens with one attached hydrogen (secondary N) is 2. The number of anilines is 1. The lowest BCUT2D eigenvalue weighted by Gasteiger charge is -2.34. The lowest BCUT2D eigenvalue weighted by atomic mass is 10.0. The van der Waals surface area contributed by atoms with Crippen LogP contribution in [0.5, 0.6) is 0 Å². The predicted octanol–water partition coefficient (Wildman–Crippen LogP) is 0.976. The molecule has 168 valence electrons. The molecule has 8 heteroatoms. The minimum absolute atomic E-state index is 0. The second-order valence-electron chi connectivity index (χ2n) is 8.46. The monoisotopic (exact) mass is 482 g/mol. The lowest BCUT2D eigenvalue weighted by Crippen LogP contribution is -3.16. The summed E-state index contributed by atoms with van der Waals surface area (Å²) in [5.41, 5.74) is 2.93. The van der Waals surface area contributed by atoms with Gasteiger partial charge in [0, 0.05) is 19.6 Å². The number of oxazole rings is 1. The van der Waals surface area contributed by atoms with Gasteiger partial charge in [0.05, 0.1) is 35.7 Å². The molecule has 5 nitrogen and oxygen atoms in total. The largest absolute Gasteiger partial charge is 1.00 e. The molecule has 1 aliphatic heterocycles. The summed E-state index contributed by atoms with van der Waals surface area (Å²) >= 11 is 12.2. The molecule has 2 N–H and O–H groups in total. The van der Waals surface area contributed by atoms with Crippen molar-refractivity contribution in [2.24, 2.45) is 5.92 Å². The third-order valence-electron chi connectivity index (χ3n) is 5.87. The highest BCUT2D eigenvalue weighted by molar-refractivity contribution is 6.42. The van der Waals surface area contributed by atoms with Gasteiger partial charge in [-0.15, -0.1) is 0 Å². The molecule has 0 unspecified atom stereocenters. The summed E-state index contributed by atoms with van der Waals surface area (Å²) in [6.07, 6.45) is 0. The van der Waals surface area contributed by atoms with E-state index in [4.69, 9.17) is 27.6 Å². The number of halogens is 3. The molecule has 0 aliphatic carbocycles. The van der Waals surface area contributed by atoms with Gasteiger partial charge in [-0.2, -0.15) is 4.98 Å². The van der Waals surface area contributed by atoms with Crippen LogP contribution in [-0.2, 0) is 6.54 Å². The number of rotatable bonds is 7. The molecule has 2 aromatic carbocycles. The minimum atomic E-state index is 0. The number of benzene rings is 2. The highest BCUT2D eigenvalue weighted by atomic mass is 35.5. The van der Waals surface area contributed by atoms with E-state index in [1.54, 1.807) is 4.90 Å². The average Bonchev–Trinajstić information content (AvgIpc) is 3.14. The first-order valence-corrected chi connectivity index (χ1v) is 11.4. The smallest absolute Gasteiger partial charge is 0.296 e. The van der Waals surface area contributed by atoms with E-state index in [-0.39, 0.29) is 12.4 Å². The summed E-state index contributed by atoms with van der Waals surface area (Å²) in [5, 5.41) is 4.78. The first kappa shape index (κ1) is 24.1. The topological polar surface area (TPSA) is 45.7 Å². The van der Waals surface area contributed by atoms with E-state index in [1.807, 2.05) is 36.4 Å².